The number of aliphatic hydroxyl groups is 8. The van der Waals surface area contributed by atoms with Crippen molar-refractivity contribution in [2.24, 2.45) is 34.0 Å². The summed E-state index contributed by atoms with van der Waals surface area (Å²) >= 11 is 0. The Bertz CT molecular complexity index is 1030. The van der Waals surface area contributed by atoms with E-state index >= 15 is 0 Å². The summed E-state index contributed by atoms with van der Waals surface area (Å²) in [4.78, 5) is 0. The maximum atomic E-state index is 11.3. The van der Waals surface area contributed by atoms with E-state index in [1.807, 2.05) is 0 Å². The molecule has 6 fully saturated rings. The van der Waals surface area contributed by atoms with Gasteiger partial charge in [-0.15, -0.1) is 0 Å². The van der Waals surface area contributed by atoms with Crippen molar-refractivity contribution in [3.8, 4) is 0 Å². The maximum absolute atomic E-state index is 11.3. The Morgan fingerprint density at radius 1 is 0.795 bits per heavy atom. The fourth-order valence-electron chi connectivity index (χ4n) is 11.0. The zero-order valence-electron chi connectivity index (χ0n) is 26.2. The lowest BCUT2D eigenvalue weighted by Crippen LogP contribution is -2.64. The molecule has 44 heavy (non-hydrogen) atoms. The van der Waals surface area contributed by atoms with Crippen LogP contribution in [0.4, 0.5) is 0 Å². The highest BCUT2D eigenvalue weighted by Gasteiger charge is 2.67. The summed E-state index contributed by atoms with van der Waals surface area (Å²) in [6.45, 7) is 5.69. The molecule has 12 nitrogen and oxygen atoms in total. The largest absolute Gasteiger partial charge is 0.394 e. The van der Waals surface area contributed by atoms with E-state index < -0.39 is 73.6 Å². The van der Waals surface area contributed by atoms with Gasteiger partial charge in [0.1, 0.15) is 42.7 Å². The topological polar surface area (TPSA) is 199 Å². The van der Waals surface area contributed by atoms with Crippen molar-refractivity contribution in [1.29, 1.82) is 0 Å². The number of hydrogen-bond donors (Lipinski definition) is 8. The van der Waals surface area contributed by atoms with Crippen molar-refractivity contribution in [3.63, 3.8) is 0 Å². The molecule has 0 amide bonds. The normalized spacial score (nSPS) is 57.5. The Hall–Kier alpha value is -0.480. The predicted molar refractivity (Wildman–Crippen MR) is 154 cm³/mol. The van der Waals surface area contributed by atoms with Crippen molar-refractivity contribution in [2.75, 3.05) is 19.8 Å². The molecular formula is C32H54O12. The van der Waals surface area contributed by atoms with Gasteiger partial charge < -0.3 is 59.8 Å². The first-order chi connectivity index (χ1) is 20.7. The lowest BCUT2D eigenvalue weighted by molar-refractivity contribution is -0.368. The van der Waals surface area contributed by atoms with Crippen molar-refractivity contribution in [1.82, 2.24) is 0 Å². The fourth-order valence-corrected chi connectivity index (χ4v) is 11.0. The third kappa shape index (κ3) is 5.20. The van der Waals surface area contributed by atoms with E-state index in [4.69, 9.17) is 18.9 Å². The van der Waals surface area contributed by atoms with Crippen LogP contribution in [0.15, 0.2) is 0 Å². The molecule has 0 unspecified atom stereocenters. The highest BCUT2D eigenvalue weighted by atomic mass is 16.8. The Labute approximate surface area is 259 Å². The minimum absolute atomic E-state index is 0.0279. The number of fused-ring (bicyclic) bond motifs is 3. The molecule has 254 valence electrons. The highest BCUT2D eigenvalue weighted by molar-refractivity contribution is 5.17. The molecule has 2 bridgehead atoms. The molecule has 4 saturated carbocycles. The summed E-state index contributed by atoms with van der Waals surface area (Å²) in [6, 6.07) is 0. The molecule has 2 saturated heterocycles. The molecule has 0 aromatic carbocycles. The smallest absolute Gasteiger partial charge is 0.187 e. The Balaban J connectivity index is 1.20. The second-order valence-electron chi connectivity index (χ2n) is 15.7. The van der Waals surface area contributed by atoms with Crippen LogP contribution in [0.3, 0.4) is 0 Å². The van der Waals surface area contributed by atoms with Gasteiger partial charge in [0.2, 0.25) is 0 Å². The number of hydrogen-bond acceptors (Lipinski definition) is 12. The van der Waals surface area contributed by atoms with E-state index in [1.165, 1.54) is 6.92 Å². The predicted octanol–water partition coefficient (Wildman–Crippen LogP) is -0.209. The Kier molecular flexibility index (Phi) is 9.03. The van der Waals surface area contributed by atoms with Gasteiger partial charge in [-0.1, -0.05) is 20.3 Å². The molecule has 2 aliphatic heterocycles. The molecule has 4 aliphatic carbocycles. The Morgan fingerprint density at radius 2 is 1.55 bits per heavy atom. The minimum atomic E-state index is -1.62. The second kappa shape index (κ2) is 11.9. The standard InChI is InChI=1S/C32H54O12/c1-16-21(35)23(37)25(39)27(42-16)44-26-24(38)22(36)18(12-33)43-28(26)41-15-29(2)8-4-9-30(3)19(29)7-10-31-11-17(5-6-20(30)31)32(40,13-31)14-34/h16-28,33-40H,4-15H2,1-3H3/t16-,17-,18-,19-,20+,21-,22-,23+,24+,25+,26-,27-,28-,29+,30-,31+,32-/m1/s1. The molecule has 17 atom stereocenters. The van der Waals surface area contributed by atoms with Crippen LogP contribution < -0.4 is 0 Å². The van der Waals surface area contributed by atoms with Gasteiger partial charge >= 0.3 is 0 Å². The van der Waals surface area contributed by atoms with Gasteiger partial charge in [0, 0.05) is 0 Å². The zero-order chi connectivity index (χ0) is 31.8. The van der Waals surface area contributed by atoms with Gasteiger partial charge in [-0.3, -0.25) is 0 Å². The minimum Gasteiger partial charge on any atom is -0.394 e. The van der Waals surface area contributed by atoms with Crippen LogP contribution in [0.5, 0.6) is 0 Å². The van der Waals surface area contributed by atoms with Gasteiger partial charge in [-0.25, -0.2) is 0 Å². The monoisotopic (exact) mass is 630 g/mol. The first-order valence-corrected chi connectivity index (χ1v) is 16.6. The van der Waals surface area contributed by atoms with E-state index in [2.05, 4.69) is 13.8 Å². The van der Waals surface area contributed by atoms with E-state index in [0.717, 1.165) is 51.4 Å². The van der Waals surface area contributed by atoms with Gasteiger partial charge in [0.25, 0.3) is 0 Å². The summed E-state index contributed by atoms with van der Waals surface area (Å²) in [7, 11) is 0. The van der Waals surface area contributed by atoms with Crippen molar-refractivity contribution < 1.29 is 59.8 Å². The molecule has 1 spiro atoms. The van der Waals surface area contributed by atoms with Crippen LogP contribution in [0.1, 0.15) is 78.6 Å². The first kappa shape index (κ1) is 33.4. The maximum Gasteiger partial charge on any atom is 0.187 e. The van der Waals surface area contributed by atoms with Gasteiger partial charge in [0.15, 0.2) is 12.6 Å². The molecule has 6 aliphatic rings. The number of rotatable bonds is 7. The van der Waals surface area contributed by atoms with E-state index in [9.17, 15) is 40.9 Å². The molecular weight excluding hydrogens is 576 g/mol. The molecule has 12 heteroatoms. The number of ether oxygens (including phenoxy) is 4. The van der Waals surface area contributed by atoms with E-state index in [0.29, 0.717) is 18.3 Å². The van der Waals surface area contributed by atoms with Crippen molar-refractivity contribution in [3.05, 3.63) is 0 Å². The van der Waals surface area contributed by atoms with Crippen molar-refractivity contribution in [2.45, 2.75) is 146 Å². The molecule has 6 rings (SSSR count). The summed E-state index contributed by atoms with van der Waals surface area (Å²) in [6.07, 6.45) is -4.90. The molecule has 0 aromatic heterocycles. The summed E-state index contributed by atoms with van der Waals surface area (Å²) in [5.74, 6) is 0.923. The molecule has 8 N–H and O–H groups in total. The third-order valence-corrected chi connectivity index (χ3v) is 13.2. The van der Waals surface area contributed by atoms with Gasteiger partial charge in [-0.2, -0.15) is 0 Å². The SMILES string of the molecule is C[C@H]1O[C@H](O[C@H]2[C@H](OC[C@]3(C)CCC[C@]4(C)[C@@H]3CC[C@@]35C[C@@H](CC[C@H]34)[C@](O)(CO)C5)O[C@H](CO)[C@@H](O)[C@@H]2O)[C@@H](O)[C@@H](O)[C@@H]1O. The van der Waals surface area contributed by atoms with E-state index in [-0.39, 0.29) is 35.4 Å². The van der Waals surface area contributed by atoms with Crippen LogP contribution in [0.2, 0.25) is 0 Å². The van der Waals surface area contributed by atoms with Gasteiger partial charge in [0.05, 0.1) is 31.5 Å². The van der Waals surface area contributed by atoms with Crippen LogP contribution >= 0.6 is 0 Å². The second-order valence-corrected chi connectivity index (χ2v) is 15.7. The van der Waals surface area contributed by atoms with Crippen LogP contribution in [-0.4, -0.2) is 128 Å². The van der Waals surface area contributed by atoms with Crippen molar-refractivity contribution >= 4 is 0 Å². The average molecular weight is 631 g/mol. The van der Waals surface area contributed by atoms with E-state index in [1.54, 1.807) is 0 Å². The lowest BCUT2D eigenvalue weighted by atomic mass is 9.41. The number of aliphatic hydroxyl groups excluding tert-OH is 7. The quantitative estimate of drug-likeness (QED) is 0.185. The summed E-state index contributed by atoms with van der Waals surface area (Å²) in [5.41, 5.74) is -1.17. The zero-order valence-corrected chi connectivity index (χ0v) is 26.2. The Morgan fingerprint density at radius 3 is 2.25 bits per heavy atom. The van der Waals surface area contributed by atoms with Gasteiger partial charge in [-0.05, 0) is 92.3 Å². The molecule has 0 aromatic rings. The van der Waals surface area contributed by atoms with Crippen LogP contribution in [0, 0.1) is 34.0 Å². The molecule has 0 radical (unpaired) electrons. The summed E-state index contributed by atoms with van der Waals surface area (Å²) in [5, 5.41) is 83.9. The summed E-state index contributed by atoms with van der Waals surface area (Å²) < 4.78 is 23.9. The fraction of sp³-hybridized carbons (Fsp3) is 1.00. The average Bonchev–Trinajstić information content (AvgIpc) is 3.20. The van der Waals surface area contributed by atoms with Crippen LogP contribution in [-0.2, 0) is 18.9 Å². The first-order valence-electron chi connectivity index (χ1n) is 16.6. The lowest BCUT2D eigenvalue weighted by Gasteiger charge is -2.64. The highest BCUT2D eigenvalue weighted by Crippen LogP contribution is 2.72. The van der Waals surface area contributed by atoms with Crippen LogP contribution in [0.25, 0.3) is 0 Å². The molecule has 2 heterocycles. The third-order valence-electron chi connectivity index (χ3n) is 13.2.